The van der Waals surface area contributed by atoms with Crippen molar-refractivity contribution < 1.29 is 18.0 Å². The first-order valence-corrected chi connectivity index (χ1v) is 7.24. The highest BCUT2D eigenvalue weighted by Gasteiger charge is 2.34. The minimum absolute atomic E-state index is 0.0841. The average molecular weight is 321 g/mol. The zero-order valence-corrected chi connectivity index (χ0v) is 12.0. The number of halogens is 3. The van der Waals surface area contributed by atoms with Crippen LogP contribution in [0.1, 0.15) is 20.9 Å². The lowest BCUT2D eigenvalue weighted by atomic mass is 10.2. The fourth-order valence-electron chi connectivity index (χ4n) is 1.59. The van der Waals surface area contributed by atoms with E-state index in [1.807, 2.05) is 0 Å². The molecule has 0 saturated carbocycles. The molecule has 20 heavy (non-hydrogen) atoms. The standard InChI is InChI=1S/C11H10F3N3OS2/c1-7-9(20-16-15-7)10(18)17(6-11(12,13)14)4-8-2-3-19-5-8/h2-3,5H,4,6H2,1H3. The van der Waals surface area contributed by atoms with Gasteiger partial charge in [-0.05, 0) is 40.8 Å². The number of carbonyl (C=O) groups is 1. The Morgan fingerprint density at radius 3 is 2.70 bits per heavy atom. The predicted molar refractivity (Wildman–Crippen MR) is 69.8 cm³/mol. The molecule has 0 aromatic carbocycles. The monoisotopic (exact) mass is 321 g/mol. The average Bonchev–Trinajstić information content (AvgIpc) is 2.97. The Kier molecular flexibility index (Phi) is 4.39. The van der Waals surface area contributed by atoms with E-state index >= 15 is 0 Å². The third kappa shape index (κ3) is 3.76. The van der Waals surface area contributed by atoms with Gasteiger partial charge < -0.3 is 4.90 Å². The van der Waals surface area contributed by atoms with Gasteiger partial charge in [0, 0.05) is 6.54 Å². The molecule has 2 aromatic rings. The third-order valence-corrected chi connectivity index (χ3v) is 4.00. The highest BCUT2D eigenvalue weighted by molar-refractivity contribution is 7.08. The fourth-order valence-corrected chi connectivity index (χ4v) is 2.88. The zero-order chi connectivity index (χ0) is 14.8. The summed E-state index contributed by atoms with van der Waals surface area (Å²) in [6, 6.07) is 1.69. The van der Waals surface area contributed by atoms with Crippen LogP contribution in [0.2, 0.25) is 0 Å². The minimum Gasteiger partial charge on any atom is -0.324 e. The van der Waals surface area contributed by atoms with Crippen LogP contribution < -0.4 is 0 Å². The molecular weight excluding hydrogens is 311 g/mol. The lowest BCUT2D eigenvalue weighted by Gasteiger charge is -2.23. The van der Waals surface area contributed by atoms with Gasteiger partial charge in [-0.2, -0.15) is 24.5 Å². The molecule has 0 atom stereocenters. The SMILES string of the molecule is Cc1nnsc1C(=O)N(Cc1ccsc1)CC(F)(F)F. The van der Waals surface area contributed by atoms with Crippen molar-refractivity contribution in [3.05, 3.63) is 33.0 Å². The number of aromatic nitrogens is 2. The molecule has 0 N–H and O–H groups in total. The maximum atomic E-state index is 12.6. The van der Waals surface area contributed by atoms with Crippen molar-refractivity contribution >= 4 is 28.8 Å². The quantitative estimate of drug-likeness (QED) is 0.869. The molecule has 0 spiro atoms. The molecule has 0 aliphatic carbocycles. The molecule has 108 valence electrons. The van der Waals surface area contributed by atoms with E-state index in [0.29, 0.717) is 11.3 Å². The Labute approximate surface area is 121 Å². The topological polar surface area (TPSA) is 46.1 Å². The van der Waals surface area contributed by atoms with E-state index in [0.717, 1.165) is 16.4 Å². The molecule has 0 radical (unpaired) electrons. The molecule has 0 aliphatic rings. The van der Waals surface area contributed by atoms with Gasteiger partial charge in [0.05, 0.1) is 5.69 Å². The molecule has 2 rings (SSSR count). The van der Waals surface area contributed by atoms with Gasteiger partial charge in [-0.3, -0.25) is 4.79 Å². The van der Waals surface area contributed by atoms with E-state index < -0.39 is 18.6 Å². The van der Waals surface area contributed by atoms with E-state index in [-0.39, 0.29) is 11.4 Å². The van der Waals surface area contributed by atoms with Crippen LogP contribution >= 0.6 is 22.9 Å². The molecule has 0 aliphatic heterocycles. The van der Waals surface area contributed by atoms with Gasteiger partial charge in [-0.1, -0.05) is 4.49 Å². The maximum Gasteiger partial charge on any atom is 0.406 e. The summed E-state index contributed by atoms with van der Waals surface area (Å²) >= 11 is 2.18. The van der Waals surface area contributed by atoms with Gasteiger partial charge in [0.25, 0.3) is 5.91 Å². The van der Waals surface area contributed by atoms with E-state index in [1.54, 1.807) is 23.8 Å². The minimum atomic E-state index is -4.45. The van der Waals surface area contributed by atoms with Crippen LogP contribution in [-0.4, -0.2) is 33.1 Å². The second-order valence-corrected chi connectivity index (χ2v) is 5.63. The first-order chi connectivity index (χ1) is 9.37. The molecule has 9 heteroatoms. The number of carbonyl (C=O) groups excluding carboxylic acids is 1. The second-order valence-electron chi connectivity index (χ2n) is 4.10. The summed E-state index contributed by atoms with van der Waals surface area (Å²) in [5.74, 6) is -0.693. The Morgan fingerprint density at radius 2 is 2.20 bits per heavy atom. The molecule has 0 bridgehead atoms. The highest BCUT2D eigenvalue weighted by Crippen LogP contribution is 2.22. The molecule has 2 heterocycles. The maximum absolute atomic E-state index is 12.6. The second kappa shape index (κ2) is 5.88. The summed E-state index contributed by atoms with van der Waals surface area (Å²) in [5.41, 5.74) is 1.01. The normalized spacial score (nSPS) is 11.6. The van der Waals surface area contributed by atoms with Crippen LogP contribution in [0.5, 0.6) is 0 Å². The fraction of sp³-hybridized carbons (Fsp3) is 0.364. The van der Waals surface area contributed by atoms with E-state index in [1.165, 1.54) is 11.3 Å². The number of hydrogen-bond donors (Lipinski definition) is 0. The van der Waals surface area contributed by atoms with Crippen molar-refractivity contribution in [1.82, 2.24) is 14.5 Å². The molecule has 4 nitrogen and oxygen atoms in total. The van der Waals surface area contributed by atoms with Gasteiger partial charge in [0.1, 0.15) is 11.4 Å². The number of alkyl halides is 3. The van der Waals surface area contributed by atoms with Gasteiger partial charge in [-0.15, -0.1) is 5.10 Å². The number of aryl methyl sites for hydroxylation is 1. The summed E-state index contributed by atoms with van der Waals surface area (Å²) in [7, 11) is 0. The van der Waals surface area contributed by atoms with Gasteiger partial charge >= 0.3 is 6.18 Å². The zero-order valence-electron chi connectivity index (χ0n) is 10.3. The van der Waals surface area contributed by atoms with Crippen molar-refractivity contribution in [2.75, 3.05) is 6.54 Å². The number of nitrogens with zero attached hydrogens (tertiary/aromatic N) is 3. The smallest absolute Gasteiger partial charge is 0.324 e. The van der Waals surface area contributed by atoms with Crippen molar-refractivity contribution in [3.63, 3.8) is 0 Å². The lowest BCUT2D eigenvalue weighted by Crippen LogP contribution is -2.38. The number of thiophene rings is 1. The first-order valence-electron chi connectivity index (χ1n) is 5.53. The molecule has 0 fully saturated rings. The van der Waals surface area contributed by atoms with Crippen LogP contribution in [0.15, 0.2) is 16.8 Å². The van der Waals surface area contributed by atoms with Crippen LogP contribution in [0, 0.1) is 6.92 Å². The van der Waals surface area contributed by atoms with Crippen LogP contribution in [0.4, 0.5) is 13.2 Å². The number of rotatable bonds is 4. The molecule has 0 unspecified atom stereocenters. The Balaban J connectivity index is 2.22. The summed E-state index contributed by atoms with van der Waals surface area (Å²) < 4.78 is 41.4. The van der Waals surface area contributed by atoms with Crippen molar-refractivity contribution in [2.24, 2.45) is 0 Å². The summed E-state index contributed by atoms with van der Waals surface area (Å²) in [4.78, 5) is 13.1. The Morgan fingerprint density at radius 1 is 1.45 bits per heavy atom. The van der Waals surface area contributed by atoms with Gasteiger partial charge in [0.2, 0.25) is 0 Å². The van der Waals surface area contributed by atoms with Crippen molar-refractivity contribution in [3.8, 4) is 0 Å². The molecule has 0 saturated heterocycles. The highest BCUT2D eigenvalue weighted by atomic mass is 32.1. The van der Waals surface area contributed by atoms with E-state index in [4.69, 9.17) is 0 Å². The van der Waals surface area contributed by atoms with Gasteiger partial charge in [-0.25, -0.2) is 0 Å². The summed E-state index contributed by atoms with van der Waals surface area (Å²) in [5, 5.41) is 7.13. The first kappa shape index (κ1) is 14.9. The van der Waals surface area contributed by atoms with E-state index in [9.17, 15) is 18.0 Å². The predicted octanol–water partition coefficient (Wildman–Crippen LogP) is 3.11. The lowest BCUT2D eigenvalue weighted by molar-refractivity contribution is -0.141. The third-order valence-electron chi connectivity index (χ3n) is 2.46. The summed E-state index contributed by atoms with van der Waals surface area (Å²) in [6.07, 6.45) is -4.45. The van der Waals surface area contributed by atoms with Gasteiger partial charge in [0.15, 0.2) is 0 Å². The number of amides is 1. The Hall–Kier alpha value is -1.48. The number of hydrogen-bond acceptors (Lipinski definition) is 5. The van der Waals surface area contributed by atoms with Crippen LogP contribution in [0.25, 0.3) is 0 Å². The largest absolute Gasteiger partial charge is 0.406 e. The Bertz CT molecular complexity index is 580. The molecule has 2 aromatic heterocycles. The van der Waals surface area contributed by atoms with Crippen molar-refractivity contribution in [1.29, 1.82) is 0 Å². The molecule has 1 amide bonds. The summed E-state index contributed by atoms with van der Waals surface area (Å²) in [6.45, 7) is 0.172. The van der Waals surface area contributed by atoms with Crippen LogP contribution in [-0.2, 0) is 6.54 Å². The van der Waals surface area contributed by atoms with Crippen molar-refractivity contribution in [2.45, 2.75) is 19.6 Å². The van der Waals surface area contributed by atoms with Crippen LogP contribution in [0.3, 0.4) is 0 Å². The molecular formula is C11H10F3N3OS2. The van der Waals surface area contributed by atoms with E-state index in [2.05, 4.69) is 9.59 Å².